The Kier molecular flexibility index (Phi) is 2.15. The largest absolute Gasteiger partial charge is 0.486 e. The van der Waals surface area contributed by atoms with Crippen LogP contribution in [0.3, 0.4) is 0 Å². The fourth-order valence-corrected chi connectivity index (χ4v) is 2.74. The van der Waals surface area contributed by atoms with Gasteiger partial charge in [-0.05, 0) is 13.0 Å². The molecular formula is C13H8F2N2O4. The Hall–Kier alpha value is -2.64. The maximum atomic E-state index is 13.9. The predicted molar refractivity (Wildman–Crippen MR) is 68.7 cm³/mol. The topological polar surface area (TPSA) is 77.2 Å². The minimum Gasteiger partial charge on any atom is -0.486 e. The number of hydrogen-bond donors (Lipinski definition) is 1. The first-order valence-electron chi connectivity index (χ1n) is 6.21. The summed E-state index contributed by atoms with van der Waals surface area (Å²) >= 11 is 0. The van der Waals surface area contributed by atoms with E-state index in [2.05, 4.69) is 5.16 Å². The summed E-state index contributed by atoms with van der Waals surface area (Å²) in [6.07, 6.45) is 0. The van der Waals surface area contributed by atoms with Crippen molar-refractivity contribution in [3.63, 3.8) is 0 Å². The number of rotatable bonds is 0. The van der Waals surface area contributed by atoms with Gasteiger partial charge in [0.05, 0.1) is 11.4 Å². The molecule has 8 heteroatoms. The lowest BCUT2D eigenvalue weighted by atomic mass is 10.1. The quantitative estimate of drug-likeness (QED) is 0.684. The molecule has 1 aliphatic heterocycles. The van der Waals surface area contributed by atoms with Gasteiger partial charge in [-0.15, -0.1) is 0 Å². The Bertz CT molecular complexity index is 1030. The van der Waals surface area contributed by atoms with E-state index in [0.717, 1.165) is 6.07 Å². The summed E-state index contributed by atoms with van der Waals surface area (Å²) in [7, 11) is 0. The van der Waals surface area contributed by atoms with Crippen molar-refractivity contribution >= 4 is 22.0 Å². The Balaban J connectivity index is 2.43. The number of aromatic nitrogens is 2. The molecular weight excluding hydrogens is 286 g/mol. The molecule has 0 saturated heterocycles. The maximum Gasteiger partial charge on any atom is 0.293 e. The Morgan fingerprint density at radius 1 is 1.38 bits per heavy atom. The molecule has 108 valence electrons. The molecule has 1 N–H and O–H groups in total. The zero-order valence-electron chi connectivity index (χ0n) is 10.7. The Morgan fingerprint density at radius 2 is 2.14 bits per heavy atom. The van der Waals surface area contributed by atoms with Crippen LogP contribution in [0.2, 0.25) is 0 Å². The number of hydrogen-bond acceptors (Lipinski definition) is 4. The van der Waals surface area contributed by atoms with Gasteiger partial charge in [0, 0.05) is 0 Å². The number of nitrogens with one attached hydrogen (secondary N) is 1. The van der Waals surface area contributed by atoms with Crippen molar-refractivity contribution in [2.24, 2.45) is 0 Å². The first-order valence-corrected chi connectivity index (χ1v) is 6.21. The number of ether oxygens (including phenoxy) is 1. The van der Waals surface area contributed by atoms with Gasteiger partial charge < -0.3 is 9.26 Å². The molecule has 4 rings (SSSR count). The molecule has 6 nitrogen and oxygen atoms in total. The number of benzene rings is 1. The second-order valence-electron chi connectivity index (χ2n) is 4.97. The molecule has 0 saturated carbocycles. The summed E-state index contributed by atoms with van der Waals surface area (Å²) in [5.41, 5.74) is -1.33. The molecule has 0 fully saturated rings. The van der Waals surface area contributed by atoms with E-state index in [1.807, 2.05) is 0 Å². The Labute approximate surface area is 114 Å². The molecule has 1 unspecified atom stereocenters. The number of nitrogens with zero attached hydrogens (tertiary/aromatic N) is 1. The van der Waals surface area contributed by atoms with Crippen LogP contribution >= 0.6 is 0 Å². The summed E-state index contributed by atoms with van der Waals surface area (Å²) in [6.45, 7) is 1.82. The zero-order valence-corrected chi connectivity index (χ0v) is 10.7. The van der Waals surface area contributed by atoms with Crippen molar-refractivity contribution in [3.05, 3.63) is 38.3 Å². The van der Waals surface area contributed by atoms with Crippen LogP contribution in [0.5, 0.6) is 5.75 Å². The molecule has 2 aromatic heterocycles. The fraction of sp³-hybridized carbons (Fsp3) is 0.231. The lowest BCUT2D eigenvalue weighted by Gasteiger charge is -2.26. The van der Waals surface area contributed by atoms with Crippen LogP contribution in [-0.4, -0.2) is 16.3 Å². The van der Waals surface area contributed by atoms with Crippen molar-refractivity contribution < 1.29 is 18.0 Å². The van der Waals surface area contributed by atoms with Gasteiger partial charge in [0.1, 0.15) is 12.1 Å². The van der Waals surface area contributed by atoms with Crippen molar-refractivity contribution in [2.75, 3.05) is 6.61 Å². The SMILES string of the molecule is CC1COc2c(F)c(F)cc3c(=O)c4c(=O)[nH]oc4n1c23. The standard InChI is InChI=1S/C13H8F2N2O4/c1-4-3-20-11-8(15)6(14)2-5-9(11)17(4)13-7(10(5)18)12(19)16-21-13/h2,4H,3H2,1H3,(H,16,19). The molecule has 0 bridgehead atoms. The third-order valence-corrected chi connectivity index (χ3v) is 3.67. The summed E-state index contributed by atoms with van der Waals surface area (Å²) < 4.78 is 39.3. The van der Waals surface area contributed by atoms with E-state index in [4.69, 9.17) is 9.26 Å². The van der Waals surface area contributed by atoms with Crippen LogP contribution in [0.25, 0.3) is 22.0 Å². The lowest BCUT2D eigenvalue weighted by Crippen LogP contribution is -2.25. The van der Waals surface area contributed by atoms with Gasteiger partial charge in [0.2, 0.25) is 17.0 Å². The van der Waals surface area contributed by atoms with E-state index >= 15 is 0 Å². The summed E-state index contributed by atoms with van der Waals surface area (Å²) in [5, 5.41) is 1.75. The molecule has 1 aromatic carbocycles. The lowest BCUT2D eigenvalue weighted by molar-refractivity contribution is 0.232. The van der Waals surface area contributed by atoms with Crippen LogP contribution in [0, 0.1) is 11.6 Å². The molecule has 0 radical (unpaired) electrons. The summed E-state index contributed by atoms with van der Waals surface area (Å²) in [6, 6.07) is 0.465. The molecule has 21 heavy (non-hydrogen) atoms. The van der Waals surface area contributed by atoms with Crippen molar-refractivity contribution in [1.82, 2.24) is 9.72 Å². The molecule has 1 atom stereocenters. The summed E-state index contributed by atoms with van der Waals surface area (Å²) in [4.78, 5) is 24.1. The minimum absolute atomic E-state index is 0.000517. The maximum absolute atomic E-state index is 13.9. The zero-order chi connectivity index (χ0) is 14.9. The normalized spacial score (nSPS) is 17.4. The van der Waals surface area contributed by atoms with Crippen LogP contribution < -0.4 is 15.7 Å². The first-order chi connectivity index (χ1) is 10.0. The van der Waals surface area contributed by atoms with Crippen molar-refractivity contribution in [3.8, 4) is 5.75 Å². The van der Waals surface area contributed by atoms with E-state index in [1.54, 1.807) is 6.92 Å². The van der Waals surface area contributed by atoms with E-state index in [0.29, 0.717) is 0 Å². The van der Waals surface area contributed by atoms with Gasteiger partial charge >= 0.3 is 0 Å². The van der Waals surface area contributed by atoms with Gasteiger partial charge in [0.15, 0.2) is 17.0 Å². The van der Waals surface area contributed by atoms with Crippen LogP contribution in [0.4, 0.5) is 8.78 Å². The monoisotopic (exact) mass is 294 g/mol. The van der Waals surface area contributed by atoms with Crippen molar-refractivity contribution in [1.29, 1.82) is 0 Å². The molecule has 3 heterocycles. The van der Waals surface area contributed by atoms with E-state index in [-0.39, 0.29) is 40.4 Å². The van der Waals surface area contributed by atoms with E-state index in [1.165, 1.54) is 4.57 Å². The van der Waals surface area contributed by atoms with E-state index in [9.17, 15) is 18.4 Å². The smallest absolute Gasteiger partial charge is 0.293 e. The number of halogens is 2. The molecule has 0 aliphatic carbocycles. The summed E-state index contributed by atoms with van der Waals surface area (Å²) in [5.74, 6) is -2.71. The van der Waals surface area contributed by atoms with Crippen LogP contribution in [-0.2, 0) is 0 Å². The second-order valence-corrected chi connectivity index (χ2v) is 4.97. The highest BCUT2D eigenvalue weighted by molar-refractivity contribution is 5.94. The average molecular weight is 294 g/mol. The average Bonchev–Trinajstić information content (AvgIpc) is 2.83. The minimum atomic E-state index is -1.20. The first kappa shape index (κ1) is 12.1. The highest BCUT2D eigenvalue weighted by Gasteiger charge is 2.30. The van der Waals surface area contributed by atoms with Gasteiger partial charge in [-0.2, -0.15) is 9.55 Å². The van der Waals surface area contributed by atoms with Crippen LogP contribution in [0.1, 0.15) is 13.0 Å². The second kappa shape index (κ2) is 3.72. The molecule has 1 aliphatic rings. The van der Waals surface area contributed by atoms with Gasteiger partial charge in [-0.3, -0.25) is 14.2 Å². The van der Waals surface area contributed by atoms with Gasteiger partial charge in [-0.1, -0.05) is 0 Å². The highest BCUT2D eigenvalue weighted by atomic mass is 19.2. The van der Waals surface area contributed by atoms with Crippen LogP contribution in [0.15, 0.2) is 20.2 Å². The van der Waals surface area contributed by atoms with E-state index < -0.39 is 22.6 Å². The van der Waals surface area contributed by atoms with Gasteiger partial charge in [-0.25, -0.2) is 4.39 Å². The number of pyridine rings is 1. The molecule has 0 amide bonds. The highest BCUT2D eigenvalue weighted by Crippen LogP contribution is 2.36. The third-order valence-electron chi connectivity index (χ3n) is 3.67. The molecule has 0 spiro atoms. The van der Waals surface area contributed by atoms with Crippen molar-refractivity contribution in [2.45, 2.75) is 13.0 Å². The number of fused-ring (bicyclic) bond motifs is 2. The third kappa shape index (κ3) is 1.34. The number of aromatic amines is 1. The Morgan fingerprint density at radius 3 is 2.90 bits per heavy atom. The number of H-pyrrole nitrogens is 1. The predicted octanol–water partition coefficient (Wildman–Crippen LogP) is 1.67. The fourth-order valence-electron chi connectivity index (χ4n) is 2.74. The van der Waals surface area contributed by atoms with Gasteiger partial charge in [0.25, 0.3) is 5.56 Å². The molecule has 3 aromatic rings.